The first-order valence-corrected chi connectivity index (χ1v) is 8.17. The topological polar surface area (TPSA) is 17.8 Å². The van der Waals surface area contributed by atoms with Crippen molar-refractivity contribution in [2.24, 2.45) is 0 Å². The smallest absolute Gasteiger partial charge is 0.0740 e. The first-order chi connectivity index (χ1) is 5.83. The summed E-state index contributed by atoms with van der Waals surface area (Å²) in [4.78, 5) is 0. The van der Waals surface area contributed by atoms with E-state index in [0.717, 1.165) is 4.47 Å². The number of benzene rings is 1. The van der Waals surface area contributed by atoms with Gasteiger partial charge in [-0.1, -0.05) is 22.0 Å². The van der Waals surface area contributed by atoms with Gasteiger partial charge in [-0.2, -0.15) is 5.10 Å². The molecule has 2 nitrogen and oxygen atoms in total. The molecule has 0 aliphatic rings. The molecule has 2 aromatic rings. The van der Waals surface area contributed by atoms with Crippen LogP contribution in [-0.4, -0.2) is 9.55 Å². The van der Waals surface area contributed by atoms with Crippen molar-refractivity contribution >= 4 is 55.2 Å². The molecule has 1 unspecified atom stereocenters. The second kappa shape index (κ2) is 3.60. The van der Waals surface area contributed by atoms with Gasteiger partial charge in [-0.15, -0.1) is 0 Å². The SMILES string of the molecule is Brc1cccc2c1cnn2PI. The van der Waals surface area contributed by atoms with Crippen molar-refractivity contribution in [2.45, 2.75) is 0 Å². The Kier molecular flexibility index (Phi) is 2.67. The van der Waals surface area contributed by atoms with Gasteiger partial charge in [0.05, 0.1) is 18.1 Å². The molecule has 0 saturated carbocycles. The van der Waals surface area contributed by atoms with Gasteiger partial charge in [0.1, 0.15) is 0 Å². The van der Waals surface area contributed by atoms with Gasteiger partial charge in [0.25, 0.3) is 0 Å². The summed E-state index contributed by atoms with van der Waals surface area (Å²) >= 11 is 5.81. The van der Waals surface area contributed by atoms with Gasteiger partial charge >= 0.3 is 0 Å². The molecule has 0 fully saturated rings. The van der Waals surface area contributed by atoms with Crippen LogP contribution in [-0.2, 0) is 0 Å². The Labute approximate surface area is 93.2 Å². The Morgan fingerprint density at radius 2 is 2.33 bits per heavy atom. The molecule has 0 radical (unpaired) electrons. The lowest BCUT2D eigenvalue weighted by Crippen LogP contribution is -1.80. The highest BCUT2D eigenvalue weighted by atomic mass is 127. The van der Waals surface area contributed by atoms with E-state index in [-0.39, 0.29) is 0 Å². The van der Waals surface area contributed by atoms with E-state index >= 15 is 0 Å². The highest BCUT2D eigenvalue weighted by Gasteiger charge is 2.02. The molecule has 1 aromatic heterocycles. The summed E-state index contributed by atoms with van der Waals surface area (Å²) in [5.74, 6) is 0. The third-order valence-corrected chi connectivity index (χ3v) is 4.22. The predicted molar refractivity (Wildman–Crippen MR) is 65.2 cm³/mol. The molecule has 5 heteroatoms. The van der Waals surface area contributed by atoms with Crippen molar-refractivity contribution in [3.05, 3.63) is 28.9 Å². The molecular weight excluding hydrogens is 350 g/mol. The molecule has 0 spiro atoms. The molecule has 62 valence electrons. The van der Waals surface area contributed by atoms with Gasteiger partial charge in [-0.3, -0.25) is 0 Å². The average molecular weight is 355 g/mol. The fraction of sp³-hybridized carbons (Fsp3) is 0. The van der Waals surface area contributed by atoms with E-state index in [1.807, 2.05) is 22.8 Å². The van der Waals surface area contributed by atoms with Crippen molar-refractivity contribution in [2.75, 3.05) is 0 Å². The van der Waals surface area contributed by atoms with Crippen molar-refractivity contribution in [3.63, 3.8) is 0 Å². The number of fused-ring (bicyclic) bond motifs is 1. The van der Waals surface area contributed by atoms with Gasteiger partial charge in [-0.05, 0) is 34.2 Å². The minimum Gasteiger partial charge on any atom is -0.237 e. The summed E-state index contributed by atoms with van der Waals surface area (Å²) in [6.45, 7) is 0. The molecule has 0 aliphatic carbocycles. The predicted octanol–water partition coefficient (Wildman–Crippen LogP) is 3.59. The lowest BCUT2D eigenvalue weighted by Gasteiger charge is -1.96. The first-order valence-electron chi connectivity index (χ1n) is 3.32. The Morgan fingerprint density at radius 3 is 3.08 bits per heavy atom. The summed E-state index contributed by atoms with van der Waals surface area (Å²) in [6, 6.07) is 6.14. The zero-order valence-corrected chi connectivity index (χ0v) is 10.7. The van der Waals surface area contributed by atoms with Crippen molar-refractivity contribution in [1.29, 1.82) is 0 Å². The quantitative estimate of drug-likeness (QED) is 0.565. The monoisotopic (exact) mass is 354 g/mol. The van der Waals surface area contributed by atoms with Crippen LogP contribution in [0, 0.1) is 0 Å². The summed E-state index contributed by atoms with van der Waals surface area (Å²) in [6.07, 6.45) is 2.55. The summed E-state index contributed by atoms with van der Waals surface area (Å²) in [5.41, 5.74) is 1.19. The number of nitrogens with zero attached hydrogens (tertiary/aromatic N) is 2. The molecule has 0 bridgehead atoms. The van der Waals surface area contributed by atoms with Crippen LogP contribution in [0.2, 0.25) is 0 Å². The molecular formula is C7H5BrIN2P. The minimum absolute atomic E-state index is 0.659. The fourth-order valence-electron chi connectivity index (χ4n) is 1.08. The third-order valence-electron chi connectivity index (χ3n) is 1.64. The van der Waals surface area contributed by atoms with Gasteiger partial charge < -0.3 is 0 Å². The normalized spacial score (nSPS) is 11.8. The summed E-state index contributed by atoms with van der Waals surface area (Å²) < 4.78 is 3.11. The lowest BCUT2D eigenvalue weighted by molar-refractivity contribution is 1.04. The molecule has 1 aromatic carbocycles. The molecule has 2 rings (SSSR count). The minimum atomic E-state index is 0.659. The van der Waals surface area contributed by atoms with E-state index < -0.39 is 0 Å². The van der Waals surface area contributed by atoms with Crippen LogP contribution < -0.4 is 0 Å². The maximum Gasteiger partial charge on any atom is 0.0740 e. The molecule has 12 heavy (non-hydrogen) atoms. The molecule has 0 amide bonds. The Balaban J connectivity index is 2.80. The second-order valence-electron chi connectivity index (χ2n) is 2.31. The Hall–Kier alpha value is 0.330. The van der Waals surface area contributed by atoms with Crippen LogP contribution in [0.4, 0.5) is 0 Å². The zero-order chi connectivity index (χ0) is 8.55. The van der Waals surface area contributed by atoms with Gasteiger partial charge in [0, 0.05) is 9.86 Å². The van der Waals surface area contributed by atoms with Crippen LogP contribution in [0.5, 0.6) is 0 Å². The maximum absolute atomic E-state index is 4.27. The van der Waals surface area contributed by atoms with E-state index in [0.29, 0.717) is 6.37 Å². The van der Waals surface area contributed by atoms with E-state index in [2.05, 4.69) is 49.1 Å². The molecule has 0 N–H and O–H groups in total. The molecule has 1 heterocycles. The third kappa shape index (κ3) is 1.40. The van der Waals surface area contributed by atoms with Crippen molar-refractivity contribution in [1.82, 2.24) is 9.55 Å². The Bertz CT molecular complexity index is 415. The van der Waals surface area contributed by atoms with Crippen LogP contribution in [0.3, 0.4) is 0 Å². The summed E-state index contributed by atoms with van der Waals surface area (Å²) in [5, 5.41) is 5.45. The van der Waals surface area contributed by atoms with Crippen molar-refractivity contribution < 1.29 is 0 Å². The zero-order valence-electron chi connectivity index (χ0n) is 5.96. The van der Waals surface area contributed by atoms with Gasteiger partial charge in [-0.25, -0.2) is 4.45 Å². The molecule has 0 saturated heterocycles. The number of halogens is 2. The van der Waals surface area contributed by atoms with Gasteiger partial charge in [0.15, 0.2) is 0 Å². The van der Waals surface area contributed by atoms with E-state index in [9.17, 15) is 0 Å². The van der Waals surface area contributed by atoms with Crippen molar-refractivity contribution in [3.8, 4) is 0 Å². The van der Waals surface area contributed by atoms with Crippen LogP contribution in [0.1, 0.15) is 0 Å². The molecule has 1 atom stereocenters. The second-order valence-corrected chi connectivity index (χ2v) is 5.21. The van der Waals surface area contributed by atoms with Gasteiger partial charge in [0.2, 0.25) is 0 Å². The largest absolute Gasteiger partial charge is 0.237 e. The number of rotatable bonds is 1. The van der Waals surface area contributed by atoms with E-state index in [1.54, 1.807) is 0 Å². The van der Waals surface area contributed by atoms with E-state index in [1.165, 1.54) is 10.9 Å². The first kappa shape index (κ1) is 8.91. The van der Waals surface area contributed by atoms with Crippen LogP contribution in [0.15, 0.2) is 28.9 Å². The standard InChI is InChI=1S/C7H5BrIN2P/c8-6-2-1-3-7-5(6)4-10-11(7)12-9/h1-4,12H. The maximum atomic E-state index is 4.27. The lowest BCUT2D eigenvalue weighted by atomic mass is 10.3. The number of aromatic nitrogens is 2. The highest BCUT2D eigenvalue weighted by Crippen LogP contribution is 2.31. The fourth-order valence-corrected chi connectivity index (χ4v) is 3.08. The number of hydrogen-bond donors (Lipinski definition) is 0. The van der Waals surface area contributed by atoms with Crippen LogP contribution >= 0.6 is 44.3 Å². The average Bonchev–Trinajstić information content (AvgIpc) is 2.49. The summed E-state index contributed by atoms with van der Waals surface area (Å²) in [7, 11) is 0. The molecule has 0 aliphatic heterocycles. The number of hydrogen-bond acceptors (Lipinski definition) is 1. The Morgan fingerprint density at radius 1 is 1.50 bits per heavy atom. The highest BCUT2D eigenvalue weighted by molar-refractivity contribution is 14.2. The van der Waals surface area contributed by atoms with E-state index in [4.69, 9.17) is 0 Å². The van der Waals surface area contributed by atoms with Crippen LogP contribution in [0.25, 0.3) is 10.9 Å².